The van der Waals surface area contributed by atoms with E-state index >= 15 is 0 Å². The molecule has 120 valence electrons. The van der Waals surface area contributed by atoms with E-state index in [1.165, 1.54) is 11.4 Å². The van der Waals surface area contributed by atoms with Gasteiger partial charge in [-0.2, -0.15) is 4.31 Å². The lowest BCUT2D eigenvalue weighted by molar-refractivity contribution is -0.143. The Balaban J connectivity index is 2.00. The van der Waals surface area contributed by atoms with Crippen LogP contribution in [0, 0.1) is 0 Å². The number of methoxy groups -OCH3 is 1. The molecule has 1 unspecified atom stereocenters. The third-order valence-electron chi connectivity index (χ3n) is 4.21. The van der Waals surface area contributed by atoms with Gasteiger partial charge in [0.25, 0.3) is 0 Å². The minimum Gasteiger partial charge on any atom is -0.493 e. The zero-order valence-corrected chi connectivity index (χ0v) is 13.3. The first-order chi connectivity index (χ1) is 10.5. The zero-order valence-electron chi connectivity index (χ0n) is 12.4. The summed E-state index contributed by atoms with van der Waals surface area (Å²) in [6, 6.07) is 4.74. The van der Waals surface area contributed by atoms with Crippen molar-refractivity contribution in [1.82, 2.24) is 4.31 Å². The fourth-order valence-electron chi connectivity index (χ4n) is 3.00. The standard InChI is InChI=1S/C15H19NO5S/c1-20-15(17)12-6-9-21-14-5-4-11(10-13(12)14)22(18,19)16-7-2-3-8-16/h4-5,10,12H,2-3,6-9H2,1H3. The molecule has 2 heterocycles. The number of carbonyl (C=O) groups excluding carboxylic acids is 1. The second kappa shape index (κ2) is 5.89. The maximum absolute atomic E-state index is 12.6. The average molecular weight is 325 g/mol. The first-order valence-electron chi connectivity index (χ1n) is 7.39. The minimum absolute atomic E-state index is 0.215. The maximum Gasteiger partial charge on any atom is 0.313 e. The van der Waals surface area contributed by atoms with Crippen LogP contribution in [0.5, 0.6) is 5.75 Å². The van der Waals surface area contributed by atoms with Crippen molar-refractivity contribution in [3.8, 4) is 5.75 Å². The van der Waals surface area contributed by atoms with Gasteiger partial charge >= 0.3 is 5.97 Å². The number of carbonyl (C=O) groups is 1. The van der Waals surface area contributed by atoms with Crippen LogP contribution in [0.2, 0.25) is 0 Å². The Morgan fingerprint density at radius 2 is 2.05 bits per heavy atom. The highest BCUT2D eigenvalue weighted by atomic mass is 32.2. The zero-order chi connectivity index (χ0) is 15.7. The molecular weight excluding hydrogens is 306 g/mol. The summed E-state index contributed by atoms with van der Waals surface area (Å²) in [5, 5.41) is 0. The molecular formula is C15H19NO5S. The molecule has 1 atom stereocenters. The number of ether oxygens (including phenoxy) is 2. The predicted molar refractivity (Wildman–Crippen MR) is 79.3 cm³/mol. The third-order valence-corrected chi connectivity index (χ3v) is 6.10. The van der Waals surface area contributed by atoms with Crippen LogP contribution in [0.25, 0.3) is 0 Å². The number of sulfonamides is 1. The fourth-order valence-corrected chi connectivity index (χ4v) is 4.55. The van der Waals surface area contributed by atoms with Crippen molar-refractivity contribution in [2.45, 2.75) is 30.1 Å². The topological polar surface area (TPSA) is 72.9 Å². The highest BCUT2D eigenvalue weighted by molar-refractivity contribution is 7.89. The van der Waals surface area contributed by atoms with Crippen LogP contribution in [-0.4, -0.2) is 45.5 Å². The van der Waals surface area contributed by atoms with E-state index in [0.717, 1.165) is 12.8 Å². The maximum atomic E-state index is 12.6. The van der Waals surface area contributed by atoms with Crippen LogP contribution in [0.1, 0.15) is 30.7 Å². The van der Waals surface area contributed by atoms with Gasteiger partial charge in [0.1, 0.15) is 5.75 Å². The summed E-state index contributed by atoms with van der Waals surface area (Å²) in [5.41, 5.74) is 0.596. The number of fused-ring (bicyclic) bond motifs is 1. The van der Waals surface area contributed by atoms with Gasteiger partial charge in [0.2, 0.25) is 10.0 Å². The first kappa shape index (κ1) is 15.3. The summed E-state index contributed by atoms with van der Waals surface area (Å²) in [6.07, 6.45) is 2.27. The van der Waals surface area contributed by atoms with Gasteiger partial charge in [-0.3, -0.25) is 4.79 Å². The second-order valence-corrected chi connectivity index (χ2v) is 7.46. The molecule has 0 radical (unpaired) electrons. The fraction of sp³-hybridized carbons (Fsp3) is 0.533. The molecule has 1 saturated heterocycles. The molecule has 1 fully saturated rings. The van der Waals surface area contributed by atoms with E-state index in [2.05, 4.69) is 0 Å². The van der Waals surface area contributed by atoms with Gasteiger partial charge in [0.15, 0.2) is 0 Å². The highest BCUT2D eigenvalue weighted by Gasteiger charge is 2.32. The van der Waals surface area contributed by atoms with Crippen LogP contribution >= 0.6 is 0 Å². The van der Waals surface area contributed by atoms with Gasteiger partial charge < -0.3 is 9.47 Å². The van der Waals surface area contributed by atoms with Crippen LogP contribution in [0.3, 0.4) is 0 Å². The monoisotopic (exact) mass is 325 g/mol. The molecule has 6 nitrogen and oxygen atoms in total. The number of hydrogen-bond donors (Lipinski definition) is 0. The van der Waals surface area contributed by atoms with E-state index in [-0.39, 0.29) is 10.9 Å². The summed E-state index contributed by atoms with van der Waals surface area (Å²) < 4.78 is 37.1. The molecule has 0 N–H and O–H groups in total. The van der Waals surface area contributed by atoms with E-state index in [1.54, 1.807) is 18.2 Å². The third kappa shape index (κ3) is 2.59. The van der Waals surface area contributed by atoms with E-state index in [0.29, 0.717) is 37.4 Å². The van der Waals surface area contributed by atoms with Gasteiger partial charge in [0.05, 0.1) is 24.5 Å². The van der Waals surface area contributed by atoms with E-state index in [4.69, 9.17) is 9.47 Å². The summed E-state index contributed by atoms with van der Waals surface area (Å²) in [7, 11) is -2.17. The van der Waals surface area contributed by atoms with Gasteiger partial charge in [0, 0.05) is 18.7 Å². The molecule has 3 rings (SSSR count). The number of rotatable bonds is 3. The lowest BCUT2D eigenvalue weighted by Gasteiger charge is -2.25. The van der Waals surface area contributed by atoms with Crippen molar-refractivity contribution in [1.29, 1.82) is 0 Å². The Hall–Kier alpha value is -1.60. The summed E-state index contributed by atoms with van der Waals surface area (Å²) >= 11 is 0. The molecule has 0 spiro atoms. The Kier molecular flexibility index (Phi) is 4.10. The molecule has 0 aliphatic carbocycles. The molecule has 1 aromatic rings. The average Bonchev–Trinajstić information content (AvgIpc) is 3.08. The molecule has 0 bridgehead atoms. The molecule has 0 aromatic heterocycles. The lowest BCUT2D eigenvalue weighted by Crippen LogP contribution is -2.28. The number of hydrogen-bond acceptors (Lipinski definition) is 5. The van der Waals surface area contributed by atoms with Crippen molar-refractivity contribution < 1.29 is 22.7 Å². The summed E-state index contributed by atoms with van der Waals surface area (Å²) in [4.78, 5) is 12.1. The van der Waals surface area contributed by atoms with Crippen molar-refractivity contribution in [3.63, 3.8) is 0 Å². The lowest BCUT2D eigenvalue weighted by atomic mass is 9.93. The van der Waals surface area contributed by atoms with E-state index < -0.39 is 15.9 Å². The number of benzene rings is 1. The van der Waals surface area contributed by atoms with Crippen molar-refractivity contribution in [2.75, 3.05) is 26.8 Å². The van der Waals surface area contributed by atoms with E-state index in [1.807, 2.05) is 0 Å². The second-order valence-electron chi connectivity index (χ2n) is 5.52. The number of esters is 1. The Morgan fingerprint density at radius 3 is 2.73 bits per heavy atom. The van der Waals surface area contributed by atoms with Crippen LogP contribution in [0.15, 0.2) is 23.1 Å². The molecule has 2 aliphatic heterocycles. The quantitative estimate of drug-likeness (QED) is 0.788. The SMILES string of the molecule is COC(=O)C1CCOc2ccc(S(=O)(=O)N3CCCC3)cc21. The summed E-state index contributed by atoms with van der Waals surface area (Å²) in [6.45, 7) is 1.53. The van der Waals surface area contributed by atoms with Crippen molar-refractivity contribution >= 4 is 16.0 Å². The van der Waals surface area contributed by atoms with Crippen LogP contribution < -0.4 is 4.74 Å². The highest BCUT2D eigenvalue weighted by Crippen LogP contribution is 2.36. The van der Waals surface area contributed by atoms with Crippen molar-refractivity contribution in [3.05, 3.63) is 23.8 Å². The predicted octanol–water partition coefficient (Wildman–Crippen LogP) is 1.51. The van der Waals surface area contributed by atoms with Gasteiger partial charge in [-0.1, -0.05) is 0 Å². The summed E-state index contributed by atoms with van der Waals surface area (Å²) in [5.74, 6) is -0.273. The Bertz CT molecular complexity index is 679. The Morgan fingerprint density at radius 1 is 1.32 bits per heavy atom. The molecule has 2 aliphatic rings. The molecule has 0 amide bonds. The normalized spacial score (nSPS) is 22.0. The Labute approximate surface area is 130 Å². The van der Waals surface area contributed by atoms with E-state index in [9.17, 15) is 13.2 Å². The molecule has 22 heavy (non-hydrogen) atoms. The van der Waals surface area contributed by atoms with Crippen molar-refractivity contribution in [2.24, 2.45) is 0 Å². The van der Waals surface area contributed by atoms with Crippen LogP contribution in [0.4, 0.5) is 0 Å². The first-order valence-corrected chi connectivity index (χ1v) is 8.83. The minimum atomic E-state index is -3.50. The van der Waals surface area contributed by atoms with Crippen LogP contribution in [-0.2, 0) is 19.6 Å². The molecule has 0 saturated carbocycles. The van der Waals surface area contributed by atoms with Gasteiger partial charge in [-0.05, 0) is 37.5 Å². The van der Waals surface area contributed by atoms with Gasteiger partial charge in [-0.15, -0.1) is 0 Å². The molecule has 1 aromatic carbocycles. The smallest absolute Gasteiger partial charge is 0.313 e. The van der Waals surface area contributed by atoms with Gasteiger partial charge in [-0.25, -0.2) is 8.42 Å². The number of nitrogens with zero attached hydrogens (tertiary/aromatic N) is 1. The molecule has 7 heteroatoms. The largest absolute Gasteiger partial charge is 0.493 e.